The Hall–Kier alpha value is -1.68. The summed E-state index contributed by atoms with van der Waals surface area (Å²) in [6, 6.07) is 8.83. The average molecular weight is 214 g/mol. The maximum absolute atomic E-state index is 4.16. The van der Waals surface area contributed by atoms with E-state index in [2.05, 4.69) is 39.8 Å². The van der Waals surface area contributed by atoms with Crippen molar-refractivity contribution in [2.45, 2.75) is 19.0 Å². The number of rotatable bonds is 1. The normalized spacial score (nSPS) is 19.4. The Kier molecular flexibility index (Phi) is 2.22. The van der Waals surface area contributed by atoms with E-state index in [0.29, 0.717) is 0 Å². The lowest BCUT2D eigenvalue weighted by molar-refractivity contribution is 0.463. The van der Waals surface area contributed by atoms with Crippen LogP contribution in [0.1, 0.15) is 23.0 Å². The lowest BCUT2D eigenvalue weighted by atomic mass is 9.95. The van der Waals surface area contributed by atoms with E-state index < -0.39 is 0 Å². The molecule has 1 atom stereocenters. The molecule has 0 unspecified atom stereocenters. The summed E-state index contributed by atoms with van der Waals surface area (Å²) in [5, 5.41) is 11.6. The molecule has 0 spiro atoms. The minimum atomic E-state index is 0.280. The molecular weight excluding hydrogens is 200 g/mol. The smallest absolute Gasteiger partial charge is 0.150 e. The van der Waals surface area contributed by atoms with E-state index in [1.165, 1.54) is 11.1 Å². The van der Waals surface area contributed by atoms with Gasteiger partial charge in [-0.05, 0) is 17.5 Å². The van der Waals surface area contributed by atoms with Crippen LogP contribution in [0.5, 0.6) is 0 Å². The molecule has 0 amide bonds. The van der Waals surface area contributed by atoms with Gasteiger partial charge in [0.2, 0.25) is 0 Å². The highest BCUT2D eigenvalue weighted by Crippen LogP contribution is 2.23. The van der Waals surface area contributed by atoms with Gasteiger partial charge in [0.1, 0.15) is 12.2 Å². The third kappa shape index (κ3) is 1.51. The highest BCUT2D eigenvalue weighted by molar-refractivity contribution is 5.30. The van der Waals surface area contributed by atoms with Crippen molar-refractivity contribution in [3.63, 3.8) is 0 Å². The van der Waals surface area contributed by atoms with E-state index in [4.69, 9.17) is 0 Å². The Morgan fingerprint density at radius 2 is 2.12 bits per heavy atom. The first-order valence-corrected chi connectivity index (χ1v) is 5.48. The van der Waals surface area contributed by atoms with Crippen LogP contribution in [0.2, 0.25) is 0 Å². The van der Waals surface area contributed by atoms with E-state index in [1.807, 2.05) is 11.6 Å². The molecule has 16 heavy (non-hydrogen) atoms. The molecule has 0 saturated heterocycles. The van der Waals surface area contributed by atoms with Crippen molar-refractivity contribution in [2.24, 2.45) is 7.05 Å². The van der Waals surface area contributed by atoms with Gasteiger partial charge in [-0.1, -0.05) is 24.3 Å². The summed E-state index contributed by atoms with van der Waals surface area (Å²) in [5.41, 5.74) is 2.80. The summed E-state index contributed by atoms with van der Waals surface area (Å²) in [6.07, 6.45) is 2.74. The number of fused-ring (bicyclic) bond motifs is 1. The van der Waals surface area contributed by atoms with Gasteiger partial charge in [-0.2, -0.15) is 0 Å². The molecule has 3 rings (SSSR count). The molecule has 0 fully saturated rings. The molecule has 1 N–H and O–H groups in total. The quantitative estimate of drug-likeness (QED) is 0.775. The predicted octanol–water partition coefficient (Wildman–Crippen LogP) is 1.20. The fraction of sp³-hybridized carbons (Fsp3) is 0.333. The fourth-order valence-corrected chi connectivity index (χ4v) is 2.24. The van der Waals surface area contributed by atoms with Crippen LogP contribution in [-0.2, 0) is 20.0 Å². The summed E-state index contributed by atoms with van der Waals surface area (Å²) in [6.45, 7) is 0.910. The Labute approximate surface area is 94.3 Å². The van der Waals surface area contributed by atoms with Gasteiger partial charge in [-0.3, -0.25) is 0 Å². The van der Waals surface area contributed by atoms with Gasteiger partial charge in [-0.15, -0.1) is 10.2 Å². The molecule has 82 valence electrons. The number of benzene rings is 1. The van der Waals surface area contributed by atoms with Crippen LogP contribution in [0, 0.1) is 0 Å². The van der Waals surface area contributed by atoms with Crippen molar-refractivity contribution < 1.29 is 0 Å². The van der Waals surface area contributed by atoms with Crippen LogP contribution in [0.3, 0.4) is 0 Å². The third-order valence-electron chi connectivity index (χ3n) is 3.14. The molecule has 1 aromatic heterocycles. The van der Waals surface area contributed by atoms with E-state index in [-0.39, 0.29) is 6.04 Å². The first-order valence-electron chi connectivity index (χ1n) is 5.48. The number of hydrogen-bond acceptors (Lipinski definition) is 3. The maximum atomic E-state index is 4.16. The topological polar surface area (TPSA) is 42.7 Å². The molecule has 0 bridgehead atoms. The van der Waals surface area contributed by atoms with E-state index in [0.717, 1.165) is 18.8 Å². The largest absolute Gasteiger partial charge is 0.319 e. The minimum absolute atomic E-state index is 0.280. The van der Waals surface area contributed by atoms with Crippen LogP contribution >= 0.6 is 0 Å². The molecule has 4 nitrogen and oxygen atoms in total. The van der Waals surface area contributed by atoms with E-state index in [9.17, 15) is 0 Å². The van der Waals surface area contributed by atoms with E-state index >= 15 is 0 Å². The molecule has 1 aromatic carbocycles. The van der Waals surface area contributed by atoms with Crippen molar-refractivity contribution in [2.75, 3.05) is 0 Å². The van der Waals surface area contributed by atoms with Gasteiger partial charge in [-0.25, -0.2) is 0 Å². The second-order valence-corrected chi connectivity index (χ2v) is 4.21. The van der Waals surface area contributed by atoms with Crippen molar-refractivity contribution in [3.8, 4) is 0 Å². The first kappa shape index (κ1) is 9.54. The van der Waals surface area contributed by atoms with Crippen molar-refractivity contribution in [1.82, 2.24) is 20.1 Å². The molecule has 0 radical (unpaired) electrons. The van der Waals surface area contributed by atoms with Crippen LogP contribution in [0.15, 0.2) is 30.6 Å². The van der Waals surface area contributed by atoms with E-state index in [1.54, 1.807) is 6.33 Å². The van der Waals surface area contributed by atoms with Crippen LogP contribution < -0.4 is 5.32 Å². The maximum Gasteiger partial charge on any atom is 0.150 e. The summed E-state index contributed by atoms with van der Waals surface area (Å²) in [5.74, 6) is 1.01. The van der Waals surface area contributed by atoms with Crippen molar-refractivity contribution in [3.05, 3.63) is 47.5 Å². The zero-order valence-corrected chi connectivity index (χ0v) is 9.22. The second kappa shape index (κ2) is 3.72. The van der Waals surface area contributed by atoms with Crippen molar-refractivity contribution in [1.29, 1.82) is 0 Å². The molecular formula is C12H14N4. The fourth-order valence-electron chi connectivity index (χ4n) is 2.24. The van der Waals surface area contributed by atoms with Crippen molar-refractivity contribution >= 4 is 0 Å². The SMILES string of the molecule is Cn1cnnc1[C@H]1Cc2ccccc2CN1. The molecule has 0 aliphatic carbocycles. The van der Waals surface area contributed by atoms with Crippen LogP contribution in [-0.4, -0.2) is 14.8 Å². The molecule has 0 saturated carbocycles. The third-order valence-corrected chi connectivity index (χ3v) is 3.14. The van der Waals surface area contributed by atoms with Gasteiger partial charge in [0.15, 0.2) is 0 Å². The Morgan fingerprint density at radius 3 is 2.88 bits per heavy atom. The first-order chi connectivity index (χ1) is 7.84. The average Bonchev–Trinajstić information content (AvgIpc) is 2.75. The summed E-state index contributed by atoms with van der Waals surface area (Å²) < 4.78 is 1.98. The van der Waals surface area contributed by atoms with Crippen LogP contribution in [0.4, 0.5) is 0 Å². The highest BCUT2D eigenvalue weighted by atomic mass is 15.3. The van der Waals surface area contributed by atoms with Crippen LogP contribution in [0.25, 0.3) is 0 Å². The monoisotopic (exact) mass is 214 g/mol. The predicted molar refractivity (Wildman–Crippen MR) is 60.7 cm³/mol. The lowest BCUT2D eigenvalue weighted by Gasteiger charge is -2.25. The summed E-state index contributed by atoms with van der Waals surface area (Å²) in [4.78, 5) is 0. The molecule has 2 aromatic rings. The number of aryl methyl sites for hydroxylation is 1. The Balaban J connectivity index is 1.91. The lowest BCUT2D eigenvalue weighted by Crippen LogP contribution is -2.30. The standard InChI is InChI=1S/C12H14N4/c1-16-8-14-15-12(16)11-6-9-4-2-3-5-10(9)7-13-11/h2-5,8,11,13H,6-7H2,1H3/t11-/m1/s1. The van der Waals surface area contributed by atoms with Gasteiger partial charge < -0.3 is 9.88 Å². The number of nitrogens with zero attached hydrogens (tertiary/aromatic N) is 3. The molecule has 1 aliphatic rings. The zero-order valence-electron chi connectivity index (χ0n) is 9.22. The summed E-state index contributed by atoms with van der Waals surface area (Å²) >= 11 is 0. The molecule has 4 heteroatoms. The number of nitrogens with one attached hydrogen (secondary N) is 1. The number of hydrogen-bond donors (Lipinski definition) is 1. The second-order valence-electron chi connectivity index (χ2n) is 4.21. The number of aromatic nitrogens is 3. The van der Waals surface area contributed by atoms with Gasteiger partial charge in [0.05, 0.1) is 6.04 Å². The van der Waals surface area contributed by atoms with Gasteiger partial charge in [0.25, 0.3) is 0 Å². The Bertz CT molecular complexity index is 503. The highest BCUT2D eigenvalue weighted by Gasteiger charge is 2.22. The zero-order chi connectivity index (χ0) is 11.0. The minimum Gasteiger partial charge on any atom is -0.319 e. The van der Waals surface area contributed by atoms with Gasteiger partial charge in [0, 0.05) is 13.6 Å². The molecule has 1 aliphatic heterocycles. The molecule has 2 heterocycles. The Morgan fingerprint density at radius 1 is 1.31 bits per heavy atom. The summed E-state index contributed by atoms with van der Waals surface area (Å²) in [7, 11) is 1.98. The van der Waals surface area contributed by atoms with Gasteiger partial charge >= 0.3 is 0 Å².